The topological polar surface area (TPSA) is 52.2 Å². The number of benzene rings is 1. The summed E-state index contributed by atoms with van der Waals surface area (Å²) in [5.41, 5.74) is 3.41. The summed E-state index contributed by atoms with van der Waals surface area (Å²) in [6.45, 7) is 4.08. The summed E-state index contributed by atoms with van der Waals surface area (Å²) in [4.78, 5) is 12.8. The van der Waals surface area contributed by atoms with Gasteiger partial charge in [-0.2, -0.15) is 0 Å². The van der Waals surface area contributed by atoms with Crippen LogP contribution in [0.3, 0.4) is 0 Å². The van der Waals surface area contributed by atoms with Gasteiger partial charge < -0.3 is 0 Å². The second kappa shape index (κ2) is 5.53. The minimum Gasteiger partial charge on any atom is -0.279 e. The highest BCUT2D eigenvalue weighted by Crippen LogP contribution is 2.34. The molecule has 0 bridgehead atoms. The summed E-state index contributed by atoms with van der Waals surface area (Å²) in [6.07, 6.45) is 6.31. The van der Waals surface area contributed by atoms with Crippen LogP contribution in [0, 0.1) is 19.8 Å². The molecule has 0 unspecified atom stereocenters. The van der Waals surface area contributed by atoms with E-state index in [1.54, 1.807) is 20.7 Å². The van der Waals surface area contributed by atoms with Crippen molar-refractivity contribution in [2.24, 2.45) is 5.92 Å². The highest BCUT2D eigenvalue weighted by Gasteiger charge is 2.22. The van der Waals surface area contributed by atoms with Crippen LogP contribution in [0.15, 0.2) is 40.5 Å². The molecule has 0 N–H and O–H groups in total. The van der Waals surface area contributed by atoms with Gasteiger partial charge >= 0.3 is 5.56 Å². The van der Waals surface area contributed by atoms with Gasteiger partial charge in [0.2, 0.25) is 5.65 Å². The average molecular weight is 326 g/mol. The molecule has 4 rings (SSSR count). The van der Waals surface area contributed by atoms with Crippen molar-refractivity contribution in [2.45, 2.75) is 31.8 Å². The van der Waals surface area contributed by atoms with Crippen LogP contribution in [0.25, 0.3) is 11.3 Å². The smallest absolute Gasteiger partial charge is 0.279 e. The minimum atomic E-state index is -0.132. The summed E-state index contributed by atoms with van der Waals surface area (Å²) < 4.78 is 3.46. The Balaban J connectivity index is 1.79. The fourth-order valence-corrected chi connectivity index (χ4v) is 3.73. The van der Waals surface area contributed by atoms with E-state index in [0.29, 0.717) is 5.65 Å². The van der Waals surface area contributed by atoms with Gasteiger partial charge in [-0.15, -0.1) is 10.2 Å². The standard InChI is InChI=1S/C17H18N4OS/c1-11-4-3-5-14(12(11)2)20-8-9-21-15(16(20)22)18-19-17(21)23-10-13-6-7-13/h3-5,8-9,13H,6-7,10H2,1-2H3. The Morgan fingerprint density at radius 3 is 2.83 bits per heavy atom. The predicted molar refractivity (Wildman–Crippen MR) is 91.5 cm³/mol. The van der Waals surface area contributed by atoms with E-state index in [2.05, 4.69) is 10.2 Å². The van der Waals surface area contributed by atoms with Gasteiger partial charge in [0.05, 0.1) is 5.69 Å². The number of aromatic nitrogens is 4. The molecule has 1 aromatic carbocycles. The number of hydrogen-bond acceptors (Lipinski definition) is 4. The zero-order chi connectivity index (χ0) is 16.0. The Labute approximate surface area is 138 Å². The SMILES string of the molecule is Cc1cccc(-n2ccn3c(SCC4CC4)nnc3c2=O)c1C. The van der Waals surface area contributed by atoms with Crippen molar-refractivity contribution in [3.63, 3.8) is 0 Å². The maximum absolute atomic E-state index is 12.8. The Morgan fingerprint density at radius 1 is 1.22 bits per heavy atom. The Kier molecular flexibility index (Phi) is 3.49. The summed E-state index contributed by atoms with van der Waals surface area (Å²) in [7, 11) is 0. The van der Waals surface area contributed by atoms with Crippen molar-refractivity contribution >= 4 is 17.4 Å². The van der Waals surface area contributed by atoms with E-state index in [1.807, 2.05) is 44.4 Å². The van der Waals surface area contributed by atoms with Gasteiger partial charge in [-0.3, -0.25) is 13.8 Å². The lowest BCUT2D eigenvalue weighted by molar-refractivity contribution is 0.884. The number of hydrogen-bond donors (Lipinski definition) is 0. The van der Waals surface area contributed by atoms with Crippen molar-refractivity contribution < 1.29 is 0 Å². The lowest BCUT2D eigenvalue weighted by atomic mass is 10.1. The number of thioether (sulfide) groups is 1. The van der Waals surface area contributed by atoms with Gasteiger partial charge in [0.1, 0.15) is 0 Å². The van der Waals surface area contributed by atoms with Crippen LogP contribution in [0.5, 0.6) is 0 Å². The zero-order valence-electron chi connectivity index (χ0n) is 13.2. The maximum Gasteiger partial charge on any atom is 0.300 e. The molecule has 118 valence electrons. The molecule has 23 heavy (non-hydrogen) atoms. The molecule has 0 saturated heterocycles. The van der Waals surface area contributed by atoms with Crippen LogP contribution in [-0.4, -0.2) is 24.9 Å². The second-order valence-corrected chi connectivity index (χ2v) is 7.11. The minimum absolute atomic E-state index is 0.132. The van der Waals surface area contributed by atoms with Gasteiger partial charge in [0, 0.05) is 18.1 Å². The molecular formula is C17H18N4OS. The van der Waals surface area contributed by atoms with E-state index in [9.17, 15) is 4.79 Å². The van der Waals surface area contributed by atoms with E-state index in [-0.39, 0.29) is 5.56 Å². The van der Waals surface area contributed by atoms with Gasteiger partial charge in [-0.05, 0) is 49.8 Å². The van der Waals surface area contributed by atoms with Crippen molar-refractivity contribution in [1.82, 2.24) is 19.2 Å². The third-order valence-electron chi connectivity index (χ3n) is 4.42. The fourth-order valence-electron chi connectivity index (χ4n) is 2.63. The first-order valence-electron chi connectivity index (χ1n) is 7.81. The molecule has 0 amide bonds. The van der Waals surface area contributed by atoms with Crippen LogP contribution in [0.4, 0.5) is 0 Å². The highest BCUT2D eigenvalue weighted by atomic mass is 32.2. The summed E-state index contributed by atoms with van der Waals surface area (Å²) >= 11 is 1.68. The Morgan fingerprint density at radius 2 is 2.04 bits per heavy atom. The Bertz CT molecular complexity index is 939. The molecule has 0 spiro atoms. The van der Waals surface area contributed by atoms with E-state index in [0.717, 1.165) is 33.6 Å². The molecule has 5 nitrogen and oxygen atoms in total. The average Bonchev–Trinajstić information content (AvgIpc) is 3.28. The molecule has 6 heteroatoms. The molecule has 0 aliphatic heterocycles. The number of rotatable bonds is 4. The molecule has 2 aromatic heterocycles. The van der Waals surface area contributed by atoms with Crippen LogP contribution in [-0.2, 0) is 0 Å². The lowest BCUT2D eigenvalue weighted by Gasteiger charge is -2.11. The van der Waals surface area contributed by atoms with Gasteiger partial charge in [-0.25, -0.2) is 0 Å². The molecule has 0 atom stereocenters. The van der Waals surface area contributed by atoms with Crippen LogP contribution in [0.1, 0.15) is 24.0 Å². The number of nitrogens with zero attached hydrogens (tertiary/aromatic N) is 4. The van der Waals surface area contributed by atoms with E-state index < -0.39 is 0 Å². The maximum atomic E-state index is 12.8. The molecule has 1 aliphatic carbocycles. The zero-order valence-corrected chi connectivity index (χ0v) is 14.0. The summed E-state index contributed by atoms with van der Waals surface area (Å²) in [5.74, 6) is 1.86. The molecule has 2 heterocycles. The van der Waals surface area contributed by atoms with Crippen molar-refractivity contribution in [1.29, 1.82) is 0 Å². The molecule has 0 radical (unpaired) electrons. The third-order valence-corrected chi connectivity index (χ3v) is 5.59. The molecule has 1 aliphatic rings. The van der Waals surface area contributed by atoms with Gasteiger partial charge in [-0.1, -0.05) is 23.9 Å². The first-order chi connectivity index (χ1) is 11.1. The first kappa shape index (κ1) is 14.5. The number of fused-ring (bicyclic) bond motifs is 1. The van der Waals surface area contributed by atoms with Crippen LogP contribution < -0.4 is 5.56 Å². The first-order valence-corrected chi connectivity index (χ1v) is 8.79. The summed E-state index contributed by atoms with van der Waals surface area (Å²) in [6, 6.07) is 5.97. The Hall–Kier alpha value is -2.08. The van der Waals surface area contributed by atoms with Crippen molar-refractivity contribution in [3.8, 4) is 5.69 Å². The van der Waals surface area contributed by atoms with Crippen molar-refractivity contribution in [3.05, 3.63) is 52.1 Å². The normalized spacial score (nSPS) is 14.5. The lowest BCUT2D eigenvalue weighted by Crippen LogP contribution is -2.21. The van der Waals surface area contributed by atoms with Gasteiger partial charge in [0.15, 0.2) is 5.16 Å². The van der Waals surface area contributed by atoms with Crippen LogP contribution in [0.2, 0.25) is 0 Å². The molecule has 3 aromatic rings. The molecule has 1 fully saturated rings. The molecular weight excluding hydrogens is 308 g/mol. The van der Waals surface area contributed by atoms with E-state index in [4.69, 9.17) is 0 Å². The van der Waals surface area contributed by atoms with Crippen molar-refractivity contribution in [2.75, 3.05) is 5.75 Å². The quantitative estimate of drug-likeness (QED) is 0.692. The number of aryl methyl sites for hydroxylation is 1. The fraction of sp³-hybridized carbons (Fsp3) is 0.353. The third kappa shape index (κ3) is 2.57. The second-order valence-electron chi connectivity index (χ2n) is 6.12. The van der Waals surface area contributed by atoms with E-state index >= 15 is 0 Å². The summed E-state index contributed by atoms with van der Waals surface area (Å²) in [5, 5.41) is 9.11. The largest absolute Gasteiger partial charge is 0.300 e. The van der Waals surface area contributed by atoms with Crippen LogP contribution >= 0.6 is 11.8 Å². The predicted octanol–water partition coefficient (Wildman–Crippen LogP) is 3.00. The van der Waals surface area contributed by atoms with Gasteiger partial charge in [0.25, 0.3) is 0 Å². The molecule has 1 saturated carbocycles. The monoisotopic (exact) mass is 326 g/mol. The van der Waals surface area contributed by atoms with E-state index in [1.165, 1.54) is 12.8 Å². The highest BCUT2D eigenvalue weighted by molar-refractivity contribution is 7.99.